The molecule has 1 aromatic heterocycles. The molecule has 1 atom stereocenters. The monoisotopic (exact) mass is 378 g/mol. The normalized spacial score (nSPS) is 23.6. The molecule has 9 heteroatoms. The van der Waals surface area contributed by atoms with Crippen molar-refractivity contribution in [2.45, 2.75) is 36.2 Å². The smallest absolute Gasteiger partial charge is 0.371 e. The first-order valence-corrected chi connectivity index (χ1v) is 8.93. The van der Waals surface area contributed by atoms with Crippen LogP contribution in [0.3, 0.4) is 0 Å². The Morgan fingerprint density at radius 2 is 2.14 bits per heavy atom. The van der Waals surface area contributed by atoms with Crippen molar-refractivity contribution in [3.8, 4) is 0 Å². The summed E-state index contributed by atoms with van der Waals surface area (Å²) in [5.74, 6) is -1.72. The number of nitrogens with one attached hydrogen (secondary N) is 1. The molecule has 21 heavy (non-hydrogen) atoms. The second-order valence-corrected chi connectivity index (χ2v) is 7.79. The molecular formula is C12H15BrN2O5S. The molecule has 1 saturated carbocycles. The van der Waals surface area contributed by atoms with Crippen LogP contribution in [0.5, 0.6) is 0 Å². The maximum absolute atomic E-state index is 12.3. The lowest BCUT2D eigenvalue weighted by Gasteiger charge is -2.15. The van der Waals surface area contributed by atoms with Crippen LogP contribution in [-0.2, 0) is 10.0 Å². The zero-order chi connectivity index (χ0) is 15.2. The number of carboxylic acid groups (broad SMARTS) is 1. The van der Waals surface area contributed by atoms with Crippen molar-refractivity contribution < 1.29 is 22.7 Å². The quantitative estimate of drug-likeness (QED) is 0.799. The minimum atomic E-state index is -3.80. The molecule has 2 N–H and O–H groups in total. The Labute approximate surface area is 130 Å². The Morgan fingerprint density at radius 3 is 2.71 bits per heavy atom. The van der Waals surface area contributed by atoms with Crippen molar-refractivity contribution in [3.05, 3.63) is 16.5 Å². The largest absolute Gasteiger partial charge is 0.475 e. The second-order valence-electron chi connectivity index (χ2n) is 5.39. The van der Waals surface area contributed by atoms with Crippen LogP contribution in [0.4, 0.5) is 0 Å². The molecule has 0 radical (unpaired) electrons. The van der Waals surface area contributed by atoms with Gasteiger partial charge in [0.2, 0.25) is 15.8 Å². The molecular weight excluding hydrogens is 364 g/mol. The Morgan fingerprint density at radius 1 is 1.43 bits per heavy atom. The molecule has 2 heterocycles. The summed E-state index contributed by atoms with van der Waals surface area (Å²) in [5.41, 5.74) is 0. The van der Waals surface area contributed by atoms with Crippen LogP contribution in [0.2, 0.25) is 0 Å². The lowest BCUT2D eigenvalue weighted by molar-refractivity contribution is 0.0661. The molecule has 2 fully saturated rings. The lowest BCUT2D eigenvalue weighted by atomic mass is 10.3. The van der Waals surface area contributed by atoms with Gasteiger partial charge in [0.1, 0.15) is 4.90 Å². The van der Waals surface area contributed by atoms with E-state index in [2.05, 4.69) is 25.6 Å². The van der Waals surface area contributed by atoms with E-state index in [1.54, 1.807) is 0 Å². The highest BCUT2D eigenvalue weighted by atomic mass is 79.9. The number of carboxylic acids is 1. The van der Waals surface area contributed by atoms with E-state index in [-0.39, 0.29) is 15.6 Å². The van der Waals surface area contributed by atoms with Gasteiger partial charge in [-0.05, 0) is 35.2 Å². The van der Waals surface area contributed by atoms with Crippen LogP contribution in [0, 0.1) is 0 Å². The van der Waals surface area contributed by atoms with E-state index in [9.17, 15) is 13.2 Å². The molecule has 1 aliphatic carbocycles. The van der Waals surface area contributed by atoms with Crippen LogP contribution in [-0.4, -0.2) is 49.6 Å². The fourth-order valence-corrected chi connectivity index (χ4v) is 4.78. The third-order valence-corrected chi connectivity index (χ3v) is 6.14. The number of carbonyl (C=O) groups is 1. The van der Waals surface area contributed by atoms with E-state index in [0.29, 0.717) is 12.6 Å². The van der Waals surface area contributed by atoms with Crippen molar-refractivity contribution >= 4 is 31.9 Å². The zero-order valence-electron chi connectivity index (χ0n) is 11.1. The SMILES string of the molecule is O=C(O)c1cc(S(=O)(=O)NC2CCN(C3CC3)C2)c(Br)o1. The number of nitrogens with zero attached hydrogens (tertiary/aromatic N) is 1. The molecule has 1 unspecified atom stereocenters. The molecule has 1 aliphatic heterocycles. The molecule has 1 saturated heterocycles. The van der Waals surface area contributed by atoms with Gasteiger partial charge in [-0.15, -0.1) is 0 Å². The predicted molar refractivity (Wildman–Crippen MR) is 76.7 cm³/mol. The molecule has 2 aliphatic rings. The first-order valence-electron chi connectivity index (χ1n) is 6.66. The Balaban J connectivity index is 1.73. The molecule has 1 aromatic rings. The van der Waals surface area contributed by atoms with Gasteiger partial charge in [0.25, 0.3) is 0 Å². The van der Waals surface area contributed by atoms with Crippen molar-refractivity contribution in [2.24, 2.45) is 0 Å². The van der Waals surface area contributed by atoms with Crippen LogP contribution >= 0.6 is 15.9 Å². The minimum Gasteiger partial charge on any atom is -0.475 e. The number of aromatic carboxylic acids is 1. The Hall–Kier alpha value is -0.900. The summed E-state index contributed by atoms with van der Waals surface area (Å²) in [5, 5.41) is 8.84. The summed E-state index contributed by atoms with van der Waals surface area (Å²) in [6, 6.07) is 1.48. The molecule has 0 bridgehead atoms. The predicted octanol–water partition coefficient (Wildman–Crippen LogP) is 1.26. The maximum Gasteiger partial charge on any atom is 0.371 e. The summed E-state index contributed by atoms with van der Waals surface area (Å²) in [6.07, 6.45) is 3.14. The molecule has 7 nitrogen and oxygen atoms in total. The van der Waals surface area contributed by atoms with Gasteiger partial charge in [-0.1, -0.05) is 0 Å². The van der Waals surface area contributed by atoms with Gasteiger partial charge in [-0.25, -0.2) is 17.9 Å². The average Bonchev–Trinajstić information content (AvgIpc) is 3.01. The van der Waals surface area contributed by atoms with E-state index >= 15 is 0 Å². The van der Waals surface area contributed by atoms with Crippen LogP contribution < -0.4 is 4.72 Å². The Kier molecular flexibility index (Phi) is 3.85. The first kappa shape index (κ1) is 15.0. The molecule has 0 spiro atoms. The van der Waals surface area contributed by atoms with E-state index in [0.717, 1.165) is 19.0 Å². The van der Waals surface area contributed by atoms with Gasteiger partial charge in [0.15, 0.2) is 4.67 Å². The van der Waals surface area contributed by atoms with Gasteiger partial charge in [0, 0.05) is 31.2 Å². The summed E-state index contributed by atoms with van der Waals surface area (Å²) in [7, 11) is -3.80. The van der Waals surface area contributed by atoms with Crippen molar-refractivity contribution in [2.75, 3.05) is 13.1 Å². The fourth-order valence-electron chi connectivity index (χ4n) is 2.58. The standard InChI is InChI=1S/C12H15BrN2O5S/c13-11-10(5-9(20-11)12(16)17)21(18,19)14-7-3-4-15(6-7)8-1-2-8/h5,7-8,14H,1-4,6H2,(H,16,17). The lowest BCUT2D eigenvalue weighted by Crippen LogP contribution is -2.37. The maximum atomic E-state index is 12.3. The third kappa shape index (κ3) is 3.15. The molecule has 116 valence electrons. The highest BCUT2D eigenvalue weighted by Crippen LogP contribution is 2.31. The number of rotatable bonds is 5. The van der Waals surface area contributed by atoms with E-state index in [1.807, 2.05) is 0 Å². The average molecular weight is 379 g/mol. The number of furan rings is 1. The summed E-state index contributed by atoms with van der Waals surface area (Å²) < 4.78 is 32.1. The van der Waals surface area contributed by atoms with Crippen molar-refractivity contribution in [3.63, 3.8) is 0 Å². The van der Waals surface area contributed by atoms with E-state index in [4.69, 9.17) is 9.52 Å². The van der Waals surface area contributed by atoms with Crippen LogP contribution in [0.25, 0.3) is 0 Å². The van der Waals surface area contributed by atoms with Gasteiger partial charge in [-0.2, -0.15) is 0 Å². The van der Waals surface area contributed by atoms with Crippen LogP contribution in [0.15, 0.2) is 20.0 Å². The van der Waals surface area contributed by atoms with Crippen molar-refractivity contribution in [1.29, 1.82) is 0 Å². The van der Waals surface area contributed by atoms with Gasteiger partial charge in [-0.3, -0.25) is 4.90 Å². The molecule has 3 rings (SSSR count). The summed E-state index contributed by atoms with van der Waals surface area (Å²) in [4.78, 5) is 12.9. The van der Waals surface area contributed by atoms with E-state index < -0.39 is 21.8 Å². The van der Waals surface area contributed by atoms with Gasteiger partial charge >= 0.3 is 5.97 Å². The van der Waals surface area contributed by atoms with Crippen molar-refractivity contribution in [1.82, 2.24) is 9.62 Å². The number of hydrogen-bond acceptors (Lipinski definition) is 5. The van der Waals surface area contributed by atoms with Gasteiger partial charge < -0.3 is 9.52 Å². The fraction of sp³-hybridized carbons (Fsp3) is 0.583. The number of hydrogen-bond donors (Lipinski definition) is 2. The summed E-state index contributed by atoms with van der Waals surface area (Å²) >= 11 is 2.96. The molecule has 0 amide bonds. The number of sulfonamides is 1. The number of likely N-dealkylation sites (tertiary alicyclic amines) is 1. The van der Waals surface area contributed by atoms with Gasteiger partial charge in [0.05, 0.1) is 0 Å². The highest BCUT2D eigenvalue weighted by molar-refractivity contribution is 9.10. The highest BCUT2D eigenvalue weighted by Gasteiger charge is 2.36. The van der Waals surface area contributed by atoms with Crippen LogP contribution in [0.1, 0.15) is 29.8 Å². The first-order chi connectivity index (χ1) is 9.87. The molecule has 0 aromatic carbocycles. The topological polar surface area (TPSA) is 99.8 Å². The summed E-state index contributed by atoms with van der Waals surface area (Å²) in [6.45, 7) is 1.59. The number of halogens is 1. The van der Waals surface area contributed by atoms with E-state index in [1.165, 1.54) is 12.8 Å². The Bertz CT molecular complexity index is 667. The minimum absolute atomic E-state index is 0.0931. The third-order valence-electron chi connectivity index (χ3n) is 3.76. The zero-order valence-corrected chi connectivity index (χ0v) is 13.5. The second kappa shape index (κ2) is 5.38.